The van der Waals surface area contributed by atoms with Gasteiger partial charge in [-0.15, -0.1) is 0 Å². The Morgan fingerprint density at radius 2 is 2.05 bits per heavy atom. The predicted octanol–water partition coefficient (Wildman–Crippen LogP) is 4.33. The van der Waals surface area contributed by atoms with Gasteiger partial charge in [-0.2, -0.15) is 13.2 Å². The van der Waals surface area contributed by atoms with Crippen molar-refractivity contribution in [2.75, 3.05) is 6.54 Å². The van der Waals surface area contributed by atoms with Gasteiger partial charge in [0, 0.05) is 12.1 Å². The van der Waals surface area contributed by atoms with Crippen LogP contribution in [0.2, 0.25) is 0 Å². The van der Waals surface area contributed by atoms with Gasteiger partial charge >= 0.3 is 6.18 Å². The number of carbonyl (C=O) groups is 1. The summed E-state index contributed by atoms with van der Waals surface area (Å²) in [6.07, 6.45) is 3.05. The third kappa shape index (κ3) is 4.62. The molecular weight excluding hydrogens is 279 g/mol. The Bertz CT molecular complexity index is 535. The summed E-state index contributed by atoms with van der Waals surface area (Å²) in [4.78, 5) is 11.9. The lowest BCUT2D eigenvalue weighted by molar-refractivity contribution is -0.137. The standard InChI is InChI=1S/C16H18F3NO/c17-16(18,19)14-8-4-7-13(11-14)15(21)20-10-9-12-5-2-1-3-6-12/h4-5,7-8,11H,1-3,6,9-10H2,(H,20,21). The first kappa shape index (κ1) is 15.6. The Hall–Kier alpha value is -1.78. The molecule has 0 spiro atoms. The molecule has 0 fully saturated rings. The first-order valence-corrected chi connectivity index (χ1v) is 7.10. The number of benzene rings is 1. The Balaban J connectivity index is 1.90. The minimum atomic E-state index is -4.43. The summed E-state index contributed by atoms with van der Waals surface area (Å²) < 4.78 is 37.8. The zero-order chi connectivity index (χ0) is 15.3. The van der Waals surface area contributed by atoms with Gasteiger partial charge in [0.1, 0.15) is 0 Å². The van der Waals surface area contributed by atoms with Crippen LogP contribution >= 0.6 is 0 Å². The minimum Gasteiger partial charge on any atom is -0.352 e. The van der Waals surface area contributed by atoms with E-state index in [2.05, 4.69) is 11.4 Å². The molecule has 5 heteroatoms. The van der Waals surface area contributed by atoms with Crippen LogP contribution in [0.3, 0.4) is 0 Å². The Labute approximate surface area is 122 Å². The van der Waals surface area contributed by atoms with Crippen molar-refractivity contribution in [3.8, 4) is 0 Å². The van der Waals surface area contributed by atoms with E-state index in [1.807, 2.05) is 0 Å². The largest absolute Gasteiger partial charge is 0.416 e. The average molecular weight is 297 g/mol. The molecule has 0 saturated heterocycles. The fourth-order valence-corrected chi connectivity index (χ4v) is 2.41. The minimum absolute atomic E-state index is 0.0439. The lowest BCUT2D eigenvalue weighted by atomic mass is 9.97. The summed E-state index contributed by atoms with van der Waals surface area (Å²) in [6.45, 7) is 0.459. The van der Waals surface area contributed by atoms with Gasteiger partial charge in [0.2, 0.25) is 0 Å². The molecule has 1 aliphatic rings. The molecule has 2 rings (SSSR count). The average Bonchev–Trinajstić information content (AvgIpc) is 2.47. The zero-order valence-electron chi connectivity index (χ0n) is 11.7. The van der Waals surface area contributed by atoms with Gasteiger partial charge in [-0.3, -0.25) is 4.79 Å². The lowest BCUT2D eigenvalue weighted by Crippen LogP contribution is -2.25. The molecule has 21 heavy (non-hydrogen) atoms. The second kappa shape index (κ2) is 6.78. The summed E-state index contributed by atoms with van der Waals surface area (Å²) in [5, 5.41) is 2.68. The van der Waals surface area contributed by atoms with Gasteiger partial charge in [0.15, 0.2) is 0 Å². The van der Waals surface area contributed by atoms with E-state index in [1.54, 1.807) is 0 Å². The molecule has 1 N–H and O–H groups in total. The molecule has 0 bridgehead atoms. The fourth-order valence-electron chi connectivity index (χ4n) is 2.41. The van der Waals surface area contributed by atoms with Crippen molar-refractivity contribution in [3.63, 3.8) is 0 Å². The van der Waals surface area contributed by atoms with Gasteiger partial charge in [0.25, 0.3) is 5.91 Å². The van der Waals surface area contributed by atoms with Crippen molar-refractivity contribution in [1.29, 1.82) is 0 Å². The van der Waals surface area contributed by atoms with Crippen molar-refractivity contribution in [2.45, 2.75) is 38.3 Å². The number of carbonyl (C=O) groups excluding carboxylic acids is 1. The van der Waals surface area contributed by atoms with E-state index in [-0.39, 0.29) is 5.56 Å². The van der Waals surface area contributed by atoms with Crippen molar-refractivity contribution in [1.82, 2.24) is 5.32 Å². The van der Waals surface area contributed by atoms with Crippen LogP contribution in [0.4, 0.5) is 13.2 Å². The predicted molar refractivity (Wildman–Crippen MR) is 74.9 cm³/mol. The van der Waals surface area contributed by atoms with Crippen LogP contribution in [0.1, 0.15) is 48.0 Å². The summed E-state index contributed by atoms with van der Waals surface area (Å²) in [6, 6.07) is 4.49. The maximum absolute atomic E-state index is 12.6. The van der Waals surface area contributed by atoms with Gasteiger partial charge < -0.3 is 5.32 Å². The van der Waals surface area contributed by atoms with Gasteiger partial charge in [-0.05, 0) is 50.3 Å². The van der Waals surface area contributed by atoms with E-state index in [1.165, 1.54) is 30.5 Å². The van der Waals surface area contributed by atoms with Crippen molar-refractivity contribution < 1.29 is 18.0 Å². The van der Waals surface area contributed by atoms with Gasteiger partial charge in [-0.25, -0.2) is 0 Å². The summed E-state index contributed by atoms with van der Waals surface area (Å²) in [7, 11) is 0. The summed E-state index contributed by atoms with van der Waals surface area (Å²) in [5.41, 5.74) is 0.568. The highest BCUT2D eigenvalue weighted by molar-refractivity contribution is 5.94. The number of alkyl halides is 3. The quantitative estimate of drug-likeness (QED) is 0.824. The Kier molecular flexibility index (Phi) is 5.04. The number of hydrogen-bond acceptors (Lipinski definition) is 1. The topological polar surface area (TPSA) is 29.1 Å². The molecule has 1 aliphatic carbocycles. The fraction of sp³-hybridized carbons (Fsp3) is 0.438. The summed E-state index contributed by atoms with van der Waals surface area (Å²) >= 11 is 0. The van der Waals surface area contributed by atoms with E-state index in [9.17, 15) is 18.0 Å². The molecule has 1 aromatic carbocycles. The molecule has 1 aromatic rings. The molecule has 114 valence electrons. The van der Waals surface area contributed by atoms with Crippen molar-refractivity contribution in [3.05, 3.63) is 47.0 Å². The summed E-state index contributed by atoms with van der Waals surface area (Å²) in [5.74, 6) is -0.461. The highest BCUT2D eigenvalue weighted by Gasteiger charge is 2.30. The number of nitrogens with one attached hydrogen (secondary N) is 1. The van der Waals surface area contributed by atoms with Crippen molar-refractivity contribution >= 4 is 5.91 Å². The second-order valence-corrected chi connectivity index (χ2v) is 5.19. The van der Waals surface area contributed by atoms with E-state index in [0.29, 0.717) is 6.54 Å². The molecule has 0 atom stereocenters. The number of allylic oxidation sites excluding steroid dienone is 1. The number of rotatable bonds is 4. The van der Waals surface area contributed by atoms with Gasteiger partial charge in [-0.1, -0.05) is 17.7 Å². The maximum Gasteiger partial charge on any atom is 0.416 e. The van der Waals surface area contributed by atoms with Crippen LogP contribution in [0.15, 0.2) is 35.9 Å². The highest BCUT2D eigenvalue weighted by atomic mass is 19.4. The smallest absolute Gasteiger partial charge is 0.352 e. The molecule has 0 radical (unpaired) electrons. The van der Waals surface area contributed by atoms with E-state index < -0.39 is 17.6 Å². The van der Waals surface area contributed by atoms with Crippen LogP contribution < -0.4 is 5.32 Å². The molecule has 0 aromatic heterocycles. The van der Waals surface area contributed by atoms with Crippen LogP contribution in [0.25, 0.3) is 0 Å². The second-order valence-electron chi connectivity index (χ2n) is 5.19. The monoisotopic (exact) mass is 297 g/mol. The molecule has 1 amide bonds. The molecule has 0 heterocycles. The van der Waals surface area contributed by atoms with Crippen LogP contribution in [0.5, 0.6) is 0 Å². The Morgan fingerprint density at radius 1 is 1.24 bits per heavy atom. The number of amides is 1. The molecule has 0 saturated carbocycles. The number of halogens is 3. The first-order chi connectivity index (χ1) is 9.97. The van der Waals surface area contributed by atoms with E-state index in [4.69, 9.17) is 0 Å². The van der Waals surface area contributed by atoms with Crippen molar-refractivity contribution in [2.24, 2.45) is 0 Å². The van der Waals surface area contributed by atoms with Crippen LogP contribution in [-0.4, -0.2) is 12.5 Å². The van der Waals surface area contributed by atoms with Gasteiger partial charge in [0.05, 0.1) is 5.56 Å². The SMILES string of the molecule is O=C(NCCC1=CCCCC1)c1cccc(C(F)(F)F)c1. The Morgan fingerprint density at radius 3 is 2.71 bits per heavy atom. The van der Waals surface area contributed by atoms with E-state index >= 15 is 0 Å². The third-order valence-corrected chi connectivity index (χ3v) is 3.57. The number of hydrogen-bond donors (Lipinski definition) is 1. The molecule has 0 unspecified atom stereocenters. The van der Waals surface area contributed by atoms with E-state index in [0.717, 1.165) is 31.4 Å². The molecular formula is C16H18F3NO. The first-order valence-electron chi connectivity index (χ1n) is 7.10. The van der Waals surface area contributed by atoms with Crippen LogP contribution in [-0.2, 0) is 6.18 Å². The molecule has 2 nitrogen and oxygen atoms in total. The maximum atomic E-state index is 12.6. The third-order valence-electron chi connectivity index (χ3n) is 3.57. The highest BCUT2D eigenvalue weighted by Crippen LogP contribution is 2.29. The van der Waals surface area contributed by atoms with Crippen LogP contribution in [0, 0.1) is 0 Å². The lowest BCUT2D eigenvalue weighted by Gasteiger charge is -2.13. The zero-order valence-corrected chi connectivity index (χ0v) is 11.7. The molecule has 0 aliphatic heterocycles. The normalized spacial score (nSPS) is 15.5.